The Kier molecular flexibility index (Phi) is 7.74. The van der Waals surface area contributed by atoms with Crippen molar-refractivity contribution in [2.45, 2.75) is 38.1 Å². The number of likely N-dealkylation sites (tertiary alicyclic amines) is 1. The van der Waals surface area contributed by atoms with Crippen LogP contribution in [0.25, 0.3) is 0 Å². The van der Waals surface area contributed by atoms with E-state index in [0.717, 1.165) is 31.5 Å². The van der Waals surface area contributed by atoms with Crippen LogP contribution in [-0.2, 0) is 20.9 Å². The Bertz CT molecular complexity index is 639. The molecule has 0 aromatic heterocycles. The van der Waals surface area contributed by atoms with Crippen LogP contribution in [0.3, 0.4) is 0 Å². The molecule has 0 spiro atoms. The third kappa shape index (κ3) is 5.64. The van der Waals surface area contributed by atoms with Gasteiger partial charge in [-0.25, -0.2) is 0 Å². The fourth-order valence-corrected chi connectivity index (χ4v) is 3.21. The van der Waals surface area contributed by atoms with Gasteiger partial charge in [-0.15, -0.1) is 0 Å². The van der Waals surface area contributed by atoms with E-state index in [-0.39, 0.29) is 12.5 Å². The number of nitrogens with one attached hydrogen (secondary N) is 1. The van der Waals surface area contributed by atoms with Crippen LogP contribution >= 0.6 is 0 Å². The first kappa shape index (κ1) is 20.1. The van der Waals surface area contributed by atoms with Crippen LogP contribution in [0.15, 0.2) is 24.3 Å². The molecule has 1 heterocycles. The summed E-state index contributed by atoms with van der Waals surface area (Å²) in [6.45, 7) is 1.44. The first-order valence-corrected chi connectivity index (χ1v) is 9.03. The molecule has 0 bridgehead atoms. The summed E-state index contributed by atoms with van der Waals surface area (Å²) in [7, 11) is 0. The predicted octanol–water partition coefficient (Wildman–Crippen LogP) is 0.309. The molecule has 1 aromatic carbocycles. The number of aliphatic hydroxyl groups excluding tert-OH is 1. The highest BCUT2D eigenvalue weighted by molar-refractivity contribution is 6.36. The van der Waals surface area contributed by atoms with Crippen LogP contribution < -0.4 is 11.1 Å². The molecule has 1 fully saturated rings. The first-order valence-electron chi connectivity index (χ1n) is 9.03. The lowest BCUT2D eigenvalue weighted by atomic mass is 9.88. The second kappa shape index (κ2) is 10.0. The molecule has 26 heavy (non-hydrogen) atoms. The van der Waals surface area contributed by atoms with E-state index in [2.05, 4.69) is 17.4 Å². The molecule has 0 aliphatic carbocycles. The molecule has 2 rings (SSSR count). The van der Waals surface area contributed by atoms with Gasteiger partial charge in [0.2, 0.25) is 11.7 Å². The van der Waals surface area contributed by atoms with Gasteiger partial charge < -0.3 is 21.1 Å². The third-order valence-electron chi connectivity index (χ3n) is 4.76. The lowest BCUT2D eigenvalue weighted by Crippen LogP contribution is -2.38. The molecule has 4 N–H and O–H groups in total. The largest absolute Gasteiger partial charge is 0.388 e. The maximum atomic E-state index is 12.3. The van der Waals surface area contributed by atoms with E-state index in [0.29, 0.717) is 25.3 Å². The van der Waals surface area contributed by atoms with Crippen LogP contribution in [-0.4, -0.2) is 53.8 Å². The minimum atomic E-state index is -0.864. The Morgan fingerprint density at radius 1 is 1.23 bits per heavy atom. The lowest BCUT2D eigenvalue weighted by Gasteiger charge is -2.32. The van der Waals surface area contributed by atoms with Crippen molar-refractivity contribution in [3.63, 3.8) is 0 Å². The Balaban J connectivity index is 1.71. The summed E-state index contributed by atoms with van der Waals surface area (Å²) in [5.41, 5.74) is 8.12. The average Bonchev–Trinajstić information content (AvgIpc) is 2.70. The van der Waals surface area contributed by atoms with Crippen molar-refractivity contribution >= 4 is 17.6 Å². The van der Waals surface area contributed by atoms with Gasteiger partial charge in [-0.05, 0) is 36.3 Å². The Morgan fingerprint density at radius 3 is 2.62 bits per heavy atom. The maximum Gasteiger partial charge on any atom is 0.289 e. The second-order valence-corrected chi connectivity index (χ2v) is 6.54. The van der Waals surface area contributed by atoms with E-state index in [1.807, 2.05) is 17.0 Å². The molecular weight excluding hydrogens is 334 g/mol. The van der Waals surface area contributed by atoms with Crippen LogP contribution in [0.2, 0.25) is 0 Å². The number of nitrogens with zero attached hydrogens (tertiary/aromatic N) is 1. The normalized spacial score (nSPS) is 14.9. The van der Waals surface area contributed by atoms with Crippen molar-refractivity contribution in [3.05, 3.63) is 35.4 Å². The quantitative estimate of drug-likeness (QED) is 0.456. The fraction of sp³-hybridized carbons (Fsp3) is 0.526. The molecule has 7 heteroatoms. The number of hydrogen-bond acceptors (Lipinski definition) is 5. The Morgan fingerprint density at radius 2 is 1.96 bits per heavy atom. The smallest absolute Gasteiger partial charge is 0.289 e. The SMILES string of the molecule is NCc1cccc(C2CCN(C(=O)CCCNC(=O)C(=O)CO)CC2)c1. The third-order valence-corrected chi connectivity index (χ3v) is 4.76. The van der Waals surface area contributed by atoms with Crippen molar-refractivity contribution in [1.82, 2.24) is 10.2 Å². The van der Waals surface area contributed by atoms with Crippen LogP contribution in [0.4, 0.5) is 0 Å². The summed E-state index contributed by atoms with van der Waals surface area (Å²) in [4.78, 5) is 36.3. The zero-order valence-corrected chi connectivity index (χ0v) is 14.9. The number of nitrogens with two attached hydrogens (primary N) is 1. The van der Waals surface area contributed by atoms with Crippen molar-refractivity contribution in [2.75, 3.05) is 26.2 Å². The number of aliphatic hydroxyl groups is 1. The highest BCUT2D eigenvalue weighted by Crippen LogP contribution is 2.28. The topological polar surface area (TPSA) is 113 Å². The van der Waals surface area contributed by atoms with Gasteiger partial charge in [0, 0.05) is 32.6 Å². The number of carbonyl (C=O) groups excluding carboxylic acids is 3. The summed E-state index contributed by atoms with van der Waals surface area (Å²) < 4.78 is 0. The van der Waals surface area contributed by atoms with Gasteiger partial charge in [-0.1, -0.05) is 24.3 Å². The van der Waals surface area contributed by atoms with Gasteiger partial charge in [0.25, 0.3) is 5.91 Å². The molecule has 1 aliphatic heterocycles. The number of hydrogen-bond donors (Lipinski definition) is 3. The van der Waals surface area contributed by atoms with Crippen molar-refractivity contribution in [3.8, 4) is 0 Å². The molecule has 0 atom stereocenters. The number of benzene rings is 1. The van der Waals surface area contributed by atoms with E-state index < -0.39 is 18.3 Å². The molecule has 1 aliphatic rings. The highest BCUT2D eigenvalue weighted by atomic mass is 16.3. The van der Waals surface area contributed by atoms with Crippen molar-refractivity contribution in [2.24, 2.45) is 5.73 Å². The average molecular weight is 361 g/mol. The molecule has 0 saturated carbocycles. The zero-order chi connectivity index (χ0) is 18.9. The van der Waals surface area contributed by atoms with Crippen molar-refractivity contribution in [1.29, 1.82) is 0 Å². The predicted molar refractivity (Wildman–Crippen MR) is 97.2 cm³/mol. The minimum Gasteiger partial charge on any atom is -0.388 e. The van der Waals surface area contributed by atoms with Gasteiger partial charge in [0.05, 0.1) is 0 Å². The van der Waals surface area contributed by atoms with E-state index in [1.54, 1.807) is 0 Å². The van der Waals surface area contributed by atoms with Crippen molar-refractivity contribution < 1.29 is 19.5 Å². The van der Waals surface area contributed by atoms with Gasteiger partial charge in [0.15, 0.2) is 0 Å². The molecule has 7 nitrogen and oxygen atoms in total. The highest BCUT2D eigenvalue weighted by Gasteiger charge is 2.23. The van der Waals surface area contributed by atoms with Crippen LogP contribution in [0.5, 0.6) is 0 Å². The summed E-state index contributed by atoms with van der Waals surface area (Å²) >= 11 is 0. The maximum absolute atomic E-state index is 12.3. The van der Waals surface area contributed by atoms with E-state index in [1.165, 1.54) is 5.56 Å². The molecule has 1 aromatic rings. The van der Waals surface area contributed by atoms with E-state index in [4.69, 9.17) is 10.8 Å². The van der Waals surface area contributed by atoms with Gasteiger partial charge in [-0.3, -0.25) is 14.4 Å². The molecule has 2 amide bonds. The molecule has 0 unspecified atom stereocenters. The van der Waals surface area contributed by atoms with Gasteiger partial charge >= 0.3 is 0 Å². The monoisotopic (exact) mass is 361 g/mol. The summed E-state index contributed by atoms with van der Waals surface area (Å²) in [5.74, 6) is -1.14. The number of carbonyl (C=O) groups is 3. The summed E-state index contributed by atoms with van der Waals surface area (Å²) in [6, 6.07) is 8.33. The number of rotatable bonds is 8. The van der Waals surface area contributed by atoms with E-state index >= 15 is 0 Å². The Hall–Kier alpha value is -2.25. The van der Waals surface area contributed by atoms with Gasteiger partial charge in [0.1, 0.15) is 6.61 Å². The van der Waals surface area contributed by atoms with E-state index in [9.17, 15) is 14.4 Å². The number of Topliss-reactive ketones (excluding diaryl/α,β-unsaturated/α-hetero) is 1. The number of piperidine rings is 1. The number of ketones is 1. The van der Waals surface area contributed by atoms with Crippen LogP contribution in [0.1, 0.15) is 42.7 Å². The molecular formula is C19H27N3O4. The molecule has 1 saturated heterocycles. The summed E-state index contributed by atoms with van der Waals surface area (Å²) in [6.07, 6.45) is 2.67. The molecule has 142 valence electrons. The lowest BCUT2D eigenvalue weighted by molar-refractivity contribution is -0.139. The summed E-state index contributed by atoms with van der Waals surface area (Å²) in [5, 5.41) is 11.0. The minimum absolute atomic E-state index is 0.0712. The van der Waals surface area contributed by atoms with Crippen LogP contribution in [0, 0.1) is 0 Å². The zero-order valence-electron chi connectivity index (χ0n) is 14.9. The molecule has 0 radical (unpaired) electrons. The first-order chi connectivity index (χ1) is 12.5. The van der Waals surface area contributed by atoms with Gasteiger partial charge in [-0.2, -0.15) is 0 Å². The number of amides is 2. The standard InChI is InChI=1S/C19H27N3O4/c20-12-14-3-1-4-16(11-14)15-6-9-22(10-7-15)18(25)5-2-8-21-19(26)17(24)13-23/h1,3-4,11,15,23H,2,5-10,12-13,20H2,(H,21,26). The Labute approximate surface area is 153 Å². The second-order valence-electron chi connectivity index (χ2n) is 6.54. The fourth-order valence-electron chi connectivity index (χ4n) is 3.21.